The van der Waals surface area contributed by atoms with E-state index in [1.54, 1.807) is 0 Å². The van der Waals surface area contributed by atoms with Crippen molar-refractivity contribution < 1.29 is 22.0 Å². The van der Waals surface area contributed by atoms with Crippen LogP contribution in [-0.4, -0.2) is 6.21 Å². The monoisotopic (exact) mass is 210 g/mol. The molecule has 0 saturated heterocycles. The molecule has 0 atom stereocenters. The van der Waals surface area contributed by atoms with Crippen LogP contribution in [0, 0.1) is 29.1 Å². The maximum Gasteiger partial charge on any atom is 0.200 e. The van der Waals surface area contributed by atoms with Crippen molar-refractivity contribution in [2.75, 3.05) is 0 Å². The Morgan fingerprint density at radius 2 is 1.14 bits per heavy atom. The number of halogens is 5. The summed E-state index contributed by atoms with van der Waals surface area (Å²) in [4.78, 5) is 0. The van der Waals surface area contributed by atoms with E-state index in [0.29, 0.717) is 6.21 Å². The van der Waals surface area contributed by atoms with Crippen molar-refractivity contribution >= 4 is 6.21 Å². The van der Waals surface area contributed by atoms with Crippen molar-refractivity contribution in [1.82, 2.24) is 0 Å². The standard InChI is InChI=1S/C7H3F5N2/c8-3-2(1-14-13)4(9)6(11)7(12)5(3)10/h1H,13H2. The number of nitrogens with zero attached hydrogens (tertiary/aromatic N) is 1. The van der Waals surface area contributed by atoms with Gasteiger partial charge in [-0.3, -0.25) is 0 Å². The third-order valence-corrected chi connectivity index (χ3v) is 1.45. The summed E-state index contributed by atoms with van der Waals surface area (Å²) >= 11 is 0. The predicted octanol–water partition coefficient (Wildman–Crippen LogP) is 1.67. The van der Waals surface area contributed by atoms with Crippen LogP contribution >= 0.6 is 0 Å². The summed E-state index contributed by atoms with van der Waals surface area (Å²) in [6, 6.07) is 0. The predicted molar refractivity (Wildman–Crippen MR) is 38.0 cm³/mol. The number of hydrogen-bond donors (Lipinski definition) is 1. The van der Waals surface area contributed by atoms with Gasteiger partial charge >= 0.3 is 0 Å². The van der Waals surface area contributed by atoms with Gasteiger partial charge in [-0.15, -0.1) is 0 Å². The molecule has 0 bridgehead atoms. The minimum atomic E-state index is -2.21. The maximum atomic E-state index is 12.7. The summed E-state index contributed by atoms with van der Waals surface area (Å²) in [6.07, 6.45) is 0.344. The summed E-state index contributed by atoms with van der Waals surface area (Å²) in [7, 11) is 0. The Bertz CT molecular complexity index is 373. The topological polar surface area (TPSA) is 38.4 Å². The van der Waals surface area contributed by atoms with Crippen LogP contribution in [0.3, 0.4) is 0 Å². The first kappa shape index (κ1) is 10.4. The largest absolute Gasteiger partial charge is 0.323 e. The lowest BCUT2D eigenvalue weighted by Crippen LogP contribution is -2.07. The van der Waals surface area contributed by atoms with Gasteiger partial charge in [0.15, 0.2) is 23.3 Å². The van der Waals surface area contributed by atoms with Gasteiger partial charge in [0.05, 0.1) is 11.8 Å². The van der Waals surface area contributed by atoms with Gasteiger partial charge in [0, 0.05) is 0 Å². The minimum Gasteiger partial charge on any atom is -0.323 e. The molecule has 76 valence electrons. The van der Waals surface area contributed by atoms with Crippen molar-refractivity contribution in [3.63, 3.8) is 0 Å². The first-order valence-electron chi connectivity index (χ1n) is 3.25. The molecule has 2 N–H and O–H groups in total. The van der Waals surface area contributed by atoms with E-state index >= 15 is 0 Å². The Hall–Kier alpha value is -1.66. The summed E-state index contributed by atoms with van der Waals surface area (Å²) in [6.45, 7) is 0. The van der Waals surface area contributed by atoms with Gasteiger partial charge in [0.25, 0.3) is 0 Å². The van der Waals surface area contributed by atoms with Gasteiger partial charge in [0.1, 0.15) is 0 Å². The van der Waals surface area contributed by atoms with E-state index in [1.165, 1.54) is 0 Å². The highest BCUT2D eigenvalue weighted by Crippen LogP contribution is 2.21. The van der Waals surface area contributed by atoms with Crippen LogP contribution in [0.25, 0.3) is 0 Å². The van der Waals surface area contributed by atoms with Gasteiger partial charge in [0.2, 0.25) is 5.82 Å². The zero-order valence-electron chi connectivity index (χ0n) is 6.49. The molecule has 0 unspecified atom stereocenters. The van der Waals surface area contributed by atoms with Crippen molar-refractivity contribution in [3.05, 3.63) is 34.6 Å². The zero-order valence-corrected chi connectivity index (χ0v) is 6.49. The van der Waals surface area contributed by atoms with Crippen molar-refractivity contribution in [2.24, 2.45) is 10.9 Å². The summed E-state index contributed by atoms with van der Waals surface area (Å²) < 4.78 is 62.8. The van der Waals surface area contributed by atoms with Crippen LogP contribution in [-0.2, 0) is 0 Å². The molecule has 0 spiro atoms. The Morgan fingerprint density at radius 1 is 0.786 bits per heavy atom. The Labute approximate surface area is 74.8 Å². The lowest BCUT2D eigenvalue weighted by molar-refractivity contribution is 0.377. The molecule has 0 saturated carbocycles. The third-order valence-electron chi connectivity index (χ3n) is 1.45. The molecule has 0 aliphatic carbocycles. The fourth-order valence-electron chi connectivity index (χ4n) is 0.810. The van der Waals surface area contributed by atoms with Gasteiger partial charge in [-0.05, 0) is 0 Å². The molecule has 1 aromatic rings. The summed E-state index contributed by atoms with van der Waals surface area (Å²) in [5.74, 6) is -5.66. The van der Waals surface area contributed by atoms with Gasteiger partial charge in [-0.25, -0.2) is 22.0 Å². The highest BCUT2D eigenvalue weighted by Gasteiger charge is 2.24. The van der Waals surface area contributed by atoms with Crippen LogP contribution in [0.15, 0.2) is 5.10 Å². The van der Waals surface area contributed by atoms with Crippen LogP contribution in [0.2, 0.25) is 0 Å². The van der Waals surface area contributed by atoms with Crippen molar-refractivity contribution in [2.45, 2.75) is 0 Å². The summed E-state index contributed by atoms with van der Waals surface area (Å²) in [5, 5.41) is 2.68. The quantitative estimate of drug-likeness (QED) is 0.188. The molecule has 1 aromatic carbocycles. The lowest BCUT2D eigenvalue weighted by atomic mass is 10.2. The van der Waals surface area contributed by atoms with Crippen LogP contribution in [0.1, 0.15) is 5.56 Å². The van der Waals surface area contributed by atoms with Gasteiger partial charge in [-0.2, -0.15) is 5.10 Å². The smallest absolute Gasteiger partial charge is 0.200 e. The van der Waals surface area contributed by atoms with E-state index in [-0.39, 0.29) is 0 Å². The van der Waals surface area contributed by atoms with E-state index in [2.05, 4.69) is 10.9 Å². The fraction of sp³-hybridized carbons (Fsp3) is 0. The second-order valence-corrected chi connectivity index (χ2v) is 2.26. The molecule has 14 heavy (non-hydrogen) atoms. The Morgan fingerprint density at radius 3 is 1.50 bits per heavy atom. The van der Waals surface area contributed by atoms with E-state index in [9.17, 15) is 22.0 Å². The molecular weight excluding hydrogens is 207 g/mol. The molecule has 0 aliphatic heterocycles. The summed E-state index contributed by atoms with van der Waals surface area (Å²) in [5.41, 5.74) is -1.16. The normalized spacial score (nSPS) is 11.2. The Balaban J connectivity index is 3.59. The van der Waals surface area contributed by atoms with Gasteiger partial charge in [-0.1, -0.05) is 0 Å². The first-order valence-corrected chi connectivity index (χ1v) is 3.25. The van der Waals surface area contributed by atoms with Gasteiger partial charge < -0.3 is 5.84 Å². The van der Waals surface area contributed by atoms with E-state index < -0.39 is 34.6 Å². The molecule has 0 radical (unpaired) electrons. The number of hydrogen-bond acceptors (Lipinski definition) is 2. The highest BCUT2D eigenvalue weighted by molar-refractivity contribution is 5.80. The molecule has 0 aromatic heterocycles. The number of hydrazone groups is 1. The second kappa shape index (κ2) is 3.60. The molecule has 0 heterocycles. The second-order valence-electron chi connectivity index (χ2n) is 2.26. The van der Waals surface area contributed by atoms with Crippen LogP contribution in [0.4, 0.5) is 22.0 Å². The molecule has 7 heteroatoms. The van der Waals surface area contributed by atoms with E-state index in [4.69, 9.17) is 0 Å². The molecule has 0 aliphatic rings. The minimum absolute atomic E-state index is 0.344. The third kappa shape index (κ3) is 1.40. The van der Waals surface area contributed by atoms with E-state index in [1.807, 2.05) is 0 Å². The number of rotatable bonds is 1. The van der Waals surface area contributed by atoms with Crippen LogP contribution < -0.4 is 5.84 Å². The average molecular weight is 210 g/mol. The fourth-order valence-corrected chi connectivity index (χ4v) is 0.810. The zero-order chi connectivity index (χ0) is 10.9. The van der Waals surface area contributed by atoms with Crippen molar-refractivity contribution in [1.29, 1.82) is 0 Å². The highest BCUT2D eigenvalue weighted by atomic mass is 19.2. The molecular formula is C7H3F5N2. The molecule has 1 rings (SSSR count). The van der Waals surface area contributed by atoms with Crippen molar-refractivity contribution in [3.8, 4) is 0 Å². The van der Waals surface area contributed by atoms with E-state index in [0.717, 1.165) is 0 Å². The number of nitrogens with two attached hydrogens (primary N) is 1. The first-order chi connectivity index (χ1) is 6.50. The maximum absolute atomic E-state index is 12.7. The average Bonchev–Trinajstić information content (AvgIpc) is 2.19. The SMILES string of the molecule is NN=Cc1c(F)c(F)c(F)c(F)c1F. The van der Waals surface area contributed by atoms with Crippen LogP contribution in [0.5, 0.6) is 0 Å². The Kier molecular flexibility index (Phi) is 2.68. The molecule has 0 fully saturated rings. The molecule has 0 amide bonds. The molecule has 2 nitrogen and oxygen atoms in total. The number of benzene rings is 1. The lowest BCUT2D eigenvalue weighted by Gasteiger charge is -2.02.